The Bertz CT molecular complexity index is 192. The van der Waals surface area contributed by atoms with Gasteiger partial charge in [-0.15, -0.1) is 0 Å². The molecule has 3 nitrogen and oxygen atoms in total. The predicted molar refractivity (Wildman–Crippen MR) is 74.7 cm³/mol. The number of aliphatic hydroxyl groups is 1. The van der Waals surface area contributed by atoms with Gasteiger partial charge in [-0.25, -0.2) is 0 Å². The molecule has 108 valence electrons. The van der Waals surface area contributed by atoms with Crippen molar-refractivity contribution in [2.45, 2.75) is 77.6 Å². The van der Waals surface area contributed by atoms with Gasteiger partial charge in [0.25, 0.3) is 0 Å². The molecular weight excluding hydrogens is 228 g/mol. The van der Waals surface area contributed by atoms with Crippen molar-refractivity contribution in [1.82, 2.24) is 0 Å². The number of carboxylic acid groups (broad SMARTS) is 1. The fourth-order valence-electron chi connectivity index (χ4n) is 2.19. The van der Waals surface area contributed by atoms with Crippen molar-refractivity contribution in [3.8, 4) is 0 Å². The average Bonchev–Trinajstić information content (AvgIpc) is 2.31. The SMILES string of the molecule is CC(CCO)CCCCCCCCCCC(=O)O. The summed E-state index contributed by atoms with van der Waals surface area (Å²) >= 11 is 0. The van der Waals surface area contributed by atoms with Crippen LogP contribution in [0.25, 0.3) is 0 Å². The van der Waals surface area contributed by atoms with Crippen molar-refractivity contribution < 1.29 is 15.0 Å². The normalized spacial score (nSPS) is 12.6. The van der Waals surface area contributed by atoms with Gasteiger partial charge in [0.15, 0.2) is 0 Å². The lowest BCUT2D eigenvalue weighted by Crippen LogP contribution is -1.97. The fourth-order valence-corrected chi connectivity index (χ4v) is 2.19. The van der Waals surface area contributed by atoms with Crippen LogP contribution in [0.3, 0.4) is 0 Å². The highest BCUT2D eigenvalue weighted by Crippen LogP contribution is 2.15. The van der Waals surface area contributed by atoms with Gasteiger partial charge in [0.05, 0.1) is 0 Å². The second-order valence-corrected chi connectivity index (χ2v) is 5.38. The van der Waals surface area contributed by atoms with Crippen LogP contribution in [0.5, 0.6) is 0 Å². The van der Waals surface area contributed by atoms with E-state index in [0.717, 1.165) is 19.3 Å². The lowest BCUT2D eigenvalue weighted by Gasteiger charge is -2.08. The maximum absolute atomic E-state index is 10.3. The van der Waals surface area contributed by atoms with Crippen LogP contribution < -0.4 is 0 Å². The summed E-state index contributed by atoms with van der Waals surface area (Å²) in [7, 11) is 0. The highest BCUT2D eigenvalue weighted by Gasteiger charge is 2.00. The summed E-state index contributed by atoms with van der Waals surface area (Å²) in [6.07, 6.45) is 11.9. The molecule has 18 heavy (non-hydrogen) atoms. The predicted octanol–water partition coefficient (Wildman–Crippen LogP) is 3.99. The third kappa shape index (κ3) is 13.5. The molecule has 0 aromatic heterocycles. The summed E-state index contributed by atoms with van der Waals surface area (Å²) in [6, 6.07) is 0. The van der Waals surface area contributed by atoms with E-state index in [4.69, 9.17) is 10.2 Å². The van der Waals surface area contributed by atoms with E-state index in [2.05, 4.69) is 6.92 Å². The van der Waals surface area contributed by atoms with Gasteiger partial charge in [-0.1, -0.05) is 58.3 Å². The van der Waals surface area contributed by atoms with Crippen LogP contribution in [-0.4, -0.2) is 22.8 Å². The molecule has 0 saturated heterocycles. The van der Waals surface area contributed by atoms with Crippen molar-refractivity contribution in [2.75, 3.05) is 6.61 Å². The molecule has 0 aromatic carbocycles. The quantitative estimate of drug-likeness (QED) is 0.491. The second-order valence-electron chi connectivity index (χ2n) is 5.38. The van der Waals surface area contributed by atoms with Crippen LogP contribution in [0.2, 0.25) is 0 Å². The Morgan fingerprint density at radius 1 is 0.889 bits per heavy atom. The molecule has 1 atom stereocenters. The van der Waals surface area contributed by atoms with E-state index in [1.54, 1.807) is 0 Å². The molecular formula is C15H30O3. The Kier molecular flexibility index (Phi) is 12.5. The lowest BCUT2D eigenvalue weighted by atomic mass is 9.99. The smallest absolute Gasteiger partial charge is 0.303 e. The Morgan fingerprint density at radius 2 is 1.39 bits per heavy atom. The zero-order valence-electron chi connectivity index (χ0n) is 11.9. The zero-order chi connectivity index (χ0) is 13.6. The maximum atomic E-state index is 10.3. The molecule has 0 aliphatic heterocycles. The fraction of sp³-hybridized carbons (Fsp3) is 0.933. The summed E-state index contributed by atoms with van der Waals surface area (Å²) in [5.74, 6) is -0.0157. The third-order valence-electron chi connectivity index (χ3n) is 3.46. The minimum Gasteiger partial charge on any atom is -0.481 e. The first kappa shape index (κ1) is 17.4. The van der Waals surface area contributed by atoms with Gasteiger partial charge in [0.1, 0.15) is 0 Å². The van der Waals surface area contributed by atoms with Gasteiger partial charge in [0.2, 0.25) is 0 Å². The van der Waals surface area contributed by atoms with E-state index in [-0.39, 0.29) is 0 Å². The van der Waals surface area contributed by atoms with E-state index in [0.29, 0.717) is 18.9 Å². The van der Waals surface area contributed by atoms with E-state index < -0.39 is 5.97 Å². The van der Waals surface area contributed by atoms with E-state index in [1.165, 1.54) is 44.9 Å². The largest absolute Gasteiger partial charge is 0.481 e. The number of rotatable bonds is 13. The highest BCUT2D eigenvalue weighted by molar-refractivity contribution is 5.66. The van der Waals surface area contributed by atoms with Crippen molar-refractivity contribution in [3.63, 3.8) is 0 Å². The maximum Gasteiger partial charge on any atom is 0.303 e. The number of carboxylic acids is 1. The molecule has 0 rings (SSSR count). The molecule has 0 aromatic rings. The minimum atomic E-state index is -0.674. The molecule has 2 N–H and O–H groups in total. The Morgan fingerprint density at radius 3 is 1.89 bits per heavy atom. The van der Waals surface area contributed by atoms with Crippen LogP contribution in [0.15, 0.2) is 0 Å². The van der Waals surface area contributed by atoms with Crippen molar-refractivity contribution in [3.05, 3.63) is 0 Å². The molecule has 0 aliphatic carbocycles. The zero-order valence-corrected chi connectivity index (χ0v) is 11.9. The Hall–Kier alpha value is -0.570. The van der Waals surface area contributed by atoms with Gasteiger partial charge < -0.3 is 10.2 Å². The van der Waals surface area contributed by atoms with Crippen molar-refractivity contribution in [1.29, 1.82) is 0 Å². The van der Waals surface area contributed by atoms with E-state index >= 15 is 0 Å². The Labute approximate surface area is 112 Å². The molecule has 3 heteroatoms. The summed E-state index contributed by atoms with van der Waals surface area (Å²) in [5, 5.41) is 17.3. The van der Waals surface area contributed by atoms with Crippen LogP contribution in [0.4, 0.5) is 0 Å². The molecule has 0 aliphatic rings. The van der Waals surface area contributed by atoms with Crippen molar-refractivity contribution in [2.24, 2.45) is 5.92 Å². The average molecular weight is 258 g/mol. The molecule has 0 bridgehead atoms. The topological polar surface area (TPSA) is 57.5 Å². The standard InChI is InChI=1S/C15H30O3/c1-14(12-13-16)10-8-6-4-2-3-5-7-9-11-15(17)18/h14,16H,2-13H2,1H3,(H,17,18). The first-order valence-electron chi connectivity index (χ1n) is 7.49. The third-order valence-corrected chi connectivity index (χ3v) is 3.46. The molecule has 0 spiro atoms. The summed E-state index contributed by atoms with van der Waals surface area (Å²) < 4.78 is 0. The van der Waals surface area contributed by atoms with Gasteiger partial charge in [-0.3, -0.25) is 4.79 Å². The van der Waals surface area contributed by atoms with Gasteiger partial charge in [-0.2, -0.15) is 0 Å². The molecule has 1 unspecified atom stereocenters. The van der Waals surface area contributed by atoms with E-state index in [9.17, 15) is 4.79 Å². The first-order chi connectivity index (χ1) is 8.66. The number of hydrogen-bond donors (Lipinski definition) is 2. The van der Waals surface area contributed by atoms with Gasteiger partial charge in [-0.05, 0) is 18.8 Å². The monoisotopic (exact) mass is 258 g/mol. The summed E-state index contributed by atoms with van der Waals surface area (Å²) in [4.78, 5) is 10.3. The van der Waals surface area contributed by atoms with Crippen LogP contribution in [0, 0.1) is 5.92 Å². The van der Waals surface area contributed by atoms with Gasteiger partial charge >= 0.3 is 5.97 Å². The number of carbonyl (C=O) groups is 1. The number of unbranched alkanes of at least 4 members (excludes halogenated alkanes) is 7. The number of aliphatic hydroxyl groups excluding tert-OH is 1. The molecule has 0 radical (unpaired) electrons. The first-order valence-corrected chi connectivity index (χ1v) is 7.49. The van der Waals surface area contributed by atoms with Crippen LogP contribution in [-0.2, 0) is 4.79 Å². The Balaban J connectivity index is 3.05. The molecule has 0 saturated carbocycles. The molecule has 0 amide bonds. The highest BCUT2D eigenvalue weighted by atomic mass is 16.4. The molecule has 0 fully saturated rings. The number of hydrogen-bond acceptors (Lipinski definition) is 2. The summed E-state index contributed by atoms with van der Waals surface area (Å²) in [5.41, 5.74) is 0. The van der Waals surface area contributed by atoms with Gasteiger partial charge in [0, 0.05) is 13.0 Å². The van der Waals surface area contributed by atoms with Crippen LogP contribution >= 0.6 is 0 Å². The number of aliphatic carboxylic acids is 1. The molecule has 0 heterocycles. The van der Waals surface area contributed by atoms with Crippen LogP contribution in [0.1, 0.15) is 77.6 Å². The minimum absolute atomic E-state index is 0.317. The van der Waals surface area contributed by atoms with E-state index in [1.807, 2.05) is 0 Å². The van der Waals surface area contributed by atoms with Crippen molar-refractivity contribution >= 4 is 5.97 Å². The summed E-state index contributed by atoms with van der Waals surface area (Å²) in [6.45, 7) is 2.52. The second kappa shape index (κ2) is 12.9. The lowest BCUT2D eigenvalue weighted by molar-refractivity contribution is -0.137.